The minimum Gasteiger partial charge on any atom is -0.352 e. The average Bonchev–Trinajstić information content (AvgIpc) is 3.15. The van der Waals surface area contributed by atoms with Crippen LogP contribution in [0, 0.1) is 13.8 Å². The summed E-state index contributed by atoms with van der Waals surface area (Å²) in [5.41, 5.74) is 2.91. The summed E-state index contributed by atoms with van der Waals surface area (Å²) in [5.74, 6) is 0.947. The Bertz CT molecular complexity index is 709. The highest BCUT2D eigenvalue weighted by atomic mass is 16.1. The molecule has 6 nitrogen and oxygen atoms in total. The molecule has 0 saturated heterocycles. The maximum atomic E-state index is 12.4. The number of hydrogen-bond acceptors (Lipinski definition) is 3. The van der Waals surface area contributed by atoms with Crippen LogP contribution in [0.25, 0.3) is 0 Å². The van der Waals surface area contributed by atoms with E-state index in [1.165, 1.54) is 12.8 Å². The van der Waals surface area contributed by atoms with Crippen LogP contribution < -0.4 is 5.32 Å². The predicted molar refractivity (Wildman–Crippen MR) is 88.6 cm³/mol. The Kier molecular flexibility index (Phi) is 4.24. The van der Waals surface area contributed by atoms with Crippen molar-refractivity contribution in [3.05, 3.63) is 35.2 Å². The van der Waals surface area contributed by atoms with E-state index < -0.39 is 0 Å². The van der Waals surface area contributed by atoms with Crippen molar-refractivity contribution < 1.29 is 4.79 Å². The maximum absolute atomic E-state index is 12.4. The standard InChI is InChI=1S/C17H25N5O/c1-11(2)22-12(3)9-15(13(22)4)17(23)18-8-7-16-20-19-10-21(16)14-5-6-14/h9-11,14H,5-8H2,1-4H3,(H,18,23). The van der Waals surface area contributed by atoms with Gasteiger partial charge in [0.1, 0.15) is 12.2 Å². The van der Waals surface area contributed by atoms with Crippen molar-refractivity contribution in [3.63, 3.8) is 0 Å². The summed E-state index contributed by atoms with van der Waals surface area (Å²) in [6.07, 6.45) is 4.92. The molecule has 6 heteroatoms. The van der Waals surface area contributed by atoms with Gasteiger partial charge in [-0.3, -0.25) is 4.79 Å². The molecule has 1 N–H and O–H groups in total. The summed E-state index contributed by atoms with van der Waals surface area (Å²) in [4.78, 5) is 12.4. The first-order chi connectivity index (χ1) is 11.0. The highest BCUT2D eigenvalue weighted by Gasteiger charge is 2.26. The Labute approximate surface area is 136 Å². The summed E-state index contributed by atoms with van der Waals surface area (Å²) in [7, 11) is 0. The summed E-state index contributed by atoms with van der Waals surface area (Å²) >= 11 is 0. The van der Waals surface area contributed by atoms with Crippen molar-refractivity contribution in [2.24, 2.45) is 0 Å². The summed E-state index contributed by atoms with van der Waals surface area (Å²) < 4.78 is 4.33. The van der Waals surface area contributed by atoms with E-state index in [0.29, 0.717) is 25.0 Å². The second-order valence-electron chi connectivity index (χ2n) is 6.64. The lowest BCUT2D eigenvalue weighted by atomic mass is 10.2. The Hall–Kier alpha value is -2.11. The lowest BCUT2D eigenvalue weighted by Crippen LogP contribution is -2.27. The Balaban J connectivity index is 1.61. The van der Waals surface area contributed by atoms with Crippen molar-refractivity contribution in [1.29, 1.82) is 0 Å². The van der Waals surface area contributed by atoms with Crippen LogP contribution in [0.1, 0.15) is 66.3 Å². The molecule has 1 amide bonds. The molecule has 0 aliphatic heterocycles. The van der Waals surface area contributed by atoms with Crippen molar-refractivity contribution in [1.82, 2.24) is 24.6 Å². The Morgan fingerprint density at radius 2 is 2.13 bits per heavy atom. The van der Waals surface area contributed by atoms with E-state index in [9.17, 15) is 4.79 Å². The third kappa shape index (κ3) is 3.16. The number of carbonyl (C=O) groups excluding carboxylic acids is 1. The van der Waals surface area contributed by atoms with Gasteiger partial charge >= 0.3 is 0 Å². The van der Waals surface area contributed by atoms with Crippen LogP contribution in [-0.2, 0) is 6.42 Å². The SMILES string of the molecule is Cc1cc(C(=O)NCCc2nncn2C2CC2)c(C)n1C(C)C. The molecule has 124 valence electrons. The first-order valence-corrected chi connectivity index (χ1v) is 8.34. The molecule has 0 unspecified atom stereocenters. The van der Waals surface area contributed by atoms with Crippen molar-refractivity contribution >= 4 is 5.91 Å². The number of aromatic nitrogens is 4. The van der Waals surface area contributed by atoms with Gasteiger partial charge in [0.05, 0.1) is 5.56 Å². The van der Waals surface area contributed by atoms with Gasteiger partial charge in [-0.25, -0.2) is 0 Å². The fraction of sp³-hybridized carbons (Fsp3) is 0.588. The number of amides is 1. The van der Waals surface area contributed by atoms with Crippen LogP contribution in [0.5, 0.6) is 0 Å². The summed E-state index contributed by atoms with van der Waals surface area (Å²) in [6.45, 7) is 8.89. The second kappa shape index (κ2) is 6.18. The molecule has 2 aromatic heterocycles. The fourth-order valence-electron chi connectivity index (χ4n) is 3.29. The number of aryl methyl sites for hydroxylation is 1. The molecule has 2 aromatic rings. The molecule has 1 aliphatic carbocycles. The topological polar surface area (TPSA) is 64.7 Å². The van der Waals surface area contributed by atoms with E-state index >= 15 is 0 Å². The number of hydrogen-bond donors (Lipinski definition) is 1. The molecule has 0 spiro atoms. The quantitative estimate of drug-likeness (QED) is 0.891. The van der Waals surface area contributed by atoms with Gasteiger partial charge in [-0.1, -0.05) is 0 Å². The van der Waals surface area contributed by atoms with E-state index in [2.05, 4.69) is 38.5 Å². The van der Waals surface area contributed by atoms with Gasteiger partial charge in [0.25, 0.3) is 5.91 Å². The van der Waals surface area contributed by atoms with Gasteiger partial charge in [0.2, 0.25) is 0 Å². The normalized spacial score (nSPS) is 14.5. The first kappa shape index (κ1) is 15.8. The van der Waals surface area contributed by atoms with E-state index in [-0.39, 0.29) is 5.91 Å². The molecular formula is C17H25N5O. The Morgan fingerprint density at radius 3 is 2.74 bits per heavy atom. The second-order valence-corrected chi connectivity index (χ2v) is 6.64. The molecule has 1 aliphatic rings. The lowest BCUT2D eigenvalue weighted by molar-refractivity contribution is 0.0953. The van der Waals surface area contributed by atoms with E-state index in [1.807, 2.05) is 19.9 Å². The fourth-order valence-corrected chi connectivity index (χ4v) is 3.29. The largest absolute Gasteiger partial charge is 0.352 e. The third-order valence-electron chi connectivity index (χ3n) is 4.47. The van der Waals surface area contributed by atoms with Gasteiger partial charge in [0.15, 0.2) is 0 Å². The number of nitrogens with zero attached hydrogens (tertiary/aromatic N) is 4. The summed E-state index contributed by atoms with van der Waals surface area (Å²) in [6, 6.07) is 2.89. The van der Waals surface area contributed by atoms with Crippen LogP contribution in [0.3, 0.4) is 0 Å². The molecule has 0 aromatic carbocycles. The zero-order valence-electron chi connectivity index (χ0n) is 14.3. The molecular weight excluding hydrogens is 290 g/mol. The minimum absolute atomic E-state index is 0.0116. The first-order valence-electron chi connectivity index (χ1n) is 8.34. The zero-order valence-corrected chi connectivity index (χ0v) is 14.3. The Morgan fingerprint density at radius 1 is 1.39 bits per heavy atom. The molecule has 0 radical (unpaired) electrons. The van der Waals surface area contributed by atoms with Crippen LogP contribution in [0.15, 0.2) is 12.4 Å². The lowest BCUT2D eigenvalue weighted by Gasteiger charge is -2.13. The van der Waals surface area contributed by atoms with Gasteiger partial charge in [-0.2, -0.15) is 0 Å². The van der Waals surface area contributed by atoms with Crippen molar-refractivity contribution in [3.8, 4) is 0 Å². The van der Waals surface area contributed by atoms with Crippen LogP contribution >= 0.6 is 0 Å². The smallest absolute Gasteiger partial charge is 0.253 e. The minimum atomic E-state index is -0.0116. The van der Waals surface area contributed by atoms with Gasteiger partial charge < -0.3 is 14.5 Å². The van der Waals surface area contributed by atoms with Crippen molar-refractivity contribution in [2.75, 3.05) is 6.54 Å². The van der Waals surface area contributed by atoms with Crippen molar-refractivity contribution in [2.45, 2.75) is 59.0 Å². The molecule has 23 heavy (non-hydrogen) atoms. The van der Waals surface area contributed by atoms with Crippen LogP contribution in [-0.4, -0.2) is 31.8 Å². The summed E-state index contributed by atoms with van der Waals surface area (Å²) in [5, 5.41) is 11.2. The number of carbonyl (C=O) groups is 1. The van der Waals surface area contributed by atoms with E-state index in [0.717, 1.165) is 22.8 Å². The average molecular weight is 315 g/mol. The highest BCUT2D eigenvalue weighted by Crippen LogP contribution is 2.35. The van der Waals surface area contributed by atoms with Gasteiger partial charge in [-0.15, -0.1) is 10.2 Å². The monoisotopic (exact) mass is 315 g/mol. The van der Waals surface area contributed by atoms with Gasteiger partial charge in [-0.05, 0) is 46.6 Å². The molecule has 2 heterocycles. The molecule has 0 atom stereocenters. The van der Waals surface area contributed by atoms with E-state index in [4.69, 9.17) is 0 Å². The van der Waals surface area contributed by atoms with E-state index in [1.54, 1.807) is 6.33 Å². The maximum Gasteiger partial charge on any atom is 0.253 e. The zero-order chi connectivity index (χ0) is 16.6. The van der Waals surface area contributed by atoms with Crippen LogP contribution in [0.4, 0.5) is 0 Å². The molecule has 1 fully saturated rings. The number of nitrogens with one attached hydrogen (secondary N) is 1. The number of rotatable bonds is 6. The molecule has 0 bridgehead atoms. The molecule has 3 rings (SSSR count). The van der Waals surface area contributed by atoms with Crippen LogP contribution in [0.2, 0.25) is 0 Å². The predicted octanol–water partition coefficient (Wildman–Crippen LogP) is 2.58. The third-order valence-corrected chi connectivity index (χ3v) is 4.47. The highest BCUT2D eigenvalue weighted by molar-refractivity contribution is 5.95. The van der Waals surface area contributed by atoms with Gasteiger partial charge in [0, 0.05) is 36.4 Å². The molecule has 1 saturated carbocycles.